The zero-order valence-corrected chi connectivity index (χ0v) is 9.90. The van der Waals surface area contributed by atoms with Crippen LogP contribution in [0.3, 0.4) is 0 Å². The normalized spacial score (nSPS) is 14.8. The van der Waals surface area contributed by atoms with Crippen molar-refractivity contribution in [3.63, 3.8) is 0 Å². The quantitative estimate of drug-likeness (QED) is 0.356. The summed E-state index contributed by atoms with van der Waals surface area (Å²) in [4.78, 5) is 0. The molecule has 1 rings (SSSR count). The molecule has 6 heteroatoms. The highest BCUT2D eigenvalue weighted by Crippen LogP contribution is 2.12. The molecule has 1 aromatic rings. The Hall–Kier alpha value is -1.56. The molecule has 0 saturated heterocycles. The van der Waals surface area contributed by atoms with Crippen LogP contribution in [0.5, 0.6) is 0 Å². The summed E-state index contributed by atoms with van der Waals surface area (Å²) in [5.74, 6) is 0. The smallest absolute Gasteiger partial charge is 0.155 e. The minimum absolute atomic E-state index is 0.113. The molecule has 1 aromatic carbocycles. The highest BCUT2D eigenvalue weighted by Gasteiger charge is 2.23. The van der Waals surface area contributed by atoms with E-state index in [2.05, 4.69) is 5.16 Å². The number of hydrogen-bond donors (Lipinski definition) is 2. The number of nitrogens with zero attached hydrogens (tertiary/aromatic N) is 1. The van der Waals surface area contributed by atoms with E-state index in [1.165, 1.54) is 6.92 Å². The van der Waals surface area contributed by atoms with E-state index in [1.807, 2.05) is 0 Å². The Morgan fingerprint density at radius 1 is 1.38 bits per heavy atom. The largest absolute Gasteiger partial charge is 0.411 e. The number of hydrogen-bond acceptors (Lipinski definition) is 5. The molecule has 3 N–H and O–H groups in total. The molecule has 0 amide bonds. The maximum Gasteiger partial charge on any atom is 0.155 e. The Morgan fingerprint density at radius 2 is 1.88 bits per heavy atom. The Morgan fingerprint density at radius 3 is 2.25 bits per heavy atom. The van der Waals surface area contributed by atoms with Crippen LogP contribution in [0.15, 0.2) is 29.4 Å². The summed E-state index contributed by atoms with van der Waals surface area (Å²) in [6.45, 7) is 1.47. The molecule has 88 valence electrons. The summed E-state index contributed by atoms with van der Waals surface area (Å²) in [6, 6.07) is 6.48. The molecule has 0 aliphatic heterocycles. The van der Waals surface area contributed by atoms with Crippen molar-refractivity contribution >= 4 is 21.2 Å². The molecule has 1 unspecified atom stereocenters. The monoisotopic (exact) mass is 242 g/mol. The molecule has 0 fully saturated rings. The molecule has 1 atom stereocenters. The van der Waals surface area contributed by atoms with Crippen LogP contribution in [0.1, 0.15) is 12.5 Å². The van der Waals surface area contributed by atoms with E-state index in [4.69, 9.17) is 10.9 Å². The Balaban J connectivity index is 3.15. The third-order valence-electron chi connectivity index (χ3n) is 2.34. The van der Waals surface area contributed by atoms with Gasteiger partial charge in [0.05, 0.1) is 0 Å². The van der Waals surface area contributed by atoms with Crippen molar-refractivity contribution in [3.05, 3.63) is 29.8 Å². The van der Waals surface area contributed by atoms with Gasteiger partial charge < -0.3 is 10.9 Å². The average Bonchev–Trinajstić information content (AvgIpc) is 2.20. The number of anilines is 1. The zero-order chi connectivity index (χ0) is 12.3. The fraction of sp³-hybridized carbons (Fsp3) is 0.300. The maximum absolute atomic E-state index is 11.4. The molecule has 0 aliphatic rings. The number of oxime groups is 1. The summed E-state index contributed by atoms with van der Waals surface area (Å²) in [5.41, 5.74) is 6.72. The molecular weight excluding hydrogens is 228 g/mol. The Kier molecular flexibility index (Phi) is 3.54. The first-order valence-electron chi connectivity index (χ1n) is 4.63. The maximum atomic E-state index is 11.4. The first-order chi connectivity index (χ1) is 7.36. The molecule has 0 saturated carbocycles. The lowest BCUT2D eigenvalue weighted by Gasteiger charge is -2.11. The Bertz CT molecular complexity index is 491. The van der Waals surface area contributed by atoms with Gasteiger partial charge in [0, 0.05) is 17.5 Å². The molecular formula is C10H14N2O3S. The first kappa shape index (κ1) is 12.5. The average molecular weight is 242 g/mol. The number of nitrogen functional groups attached to an aromatic ring is 1. The summed E-state index contributed by atoms with van der Waals surface area (Å²) < 4.78 is 22.7. The molecule has 0 bridgehead atoms. The van der Waals surface area contributed by atoms with Crippen molar-refractivity contribution in [2.24, 2.45) is 5.16 Å². The van der Waals surface area contributed by atoms with Crippen molar-refractivity contribution in [3.8, 4) is 0 Å². The van der Waals surface area contributed by atoms with Crippen LogP contribution >= 0.6 is 0 Å². The van der Waals surface area contributed by atoms with Crippen LogP contribution in [0, 0.1) is 0 Å². The van der Waals surface area contributed by atoms with Gasteiger partial charge in [-0.25, -0.2) is 8.42 Å². The number of rotatable bonds is 3. The van der Waals surface area contributed by atoms with Gasteiger partial charge >= 0.3 is 0 Å². The first-order valence-corrected chi connectivity index (χ1v) is 6.58. The Labute approximate surface area is 94.5 Å². The lowest BCUT2D eigenvalue weighted by Crippen LogP contribution is -2.27. The van der Waals surface area contributed by atoms with E-state index in [9.17, 15) is 8.42 Å². The van der Waals surface area contributed by atoms with Gasteiger partial charge in [-0.3, -0.25) is 0 Å². The SMILES string of the molecule is CC(/C(=N/O)c1ccc(N)cc1)S(C)(=O)=O. The van der Waals surface area contributed by atoms with Crippen molar-refractivity contribution in [2.45, 2.75) is 12.2 Å². The van der Waals surface area contributed by atoms with Crippen LogP contribution in [0.2, 0.25) is 0 Å². The molecule has 0 heterocycles. The predicted octanol–water partition coefficient (Wildman–Crippen LogP) is 0.880. The number of nitrogens with two attached hydrogens (primary N) is 1. The van der Waals surface area contributed by atoms with Gasteiger partial charge in [-0.05, 0) is 19.1 Å². The molecule has 0 aliphatic carbocycles. The van der Waals surface area contributed by atoms with Crippen LogP contribution in [0.25, 0.3) is 0 Å². The highest BCUT2D eigenvalue weighted by molar-refractivity contribution is 7.92. The fourth-order valence-corrected chi connectivity index (χ4v) is 1.82. The van der Waals surface area contributed by atoms with Crippen molar-refractivity contribution in [2.75, 3.05) is 12.0 Å². The topological polar surface area (TPSA) is 92.8 Å². The van der Waals surface area contributed by atoms with Gasteiger partial charge in [-0.2, -0.15) is 0 Å². The van der Waals surface area contributed by atoms with Gasteiger partial charge in [0.15, 0.2) is 9.84 Å². The standard InChI is InChI=1S/C10H14N2O3S/c1-7(16(2,14)15)10(12-13)8-3-5-9(11)6-4-8/h3-7,13H,11H2,1-2H3/b12-10-. The lowest BCUT2D eigenvalue weighted by atomic mass is 10.1. The third-order valence-corrected chi connectivity index (χ3v) is 3.85. The minimum Gasteiger partial charge on any atom is -0.411 e. The molecule has 5 nitrogen and oxygen atoms in total. The van der Waals surface area contributed by atoms with E-state index < -0.39 is 15.1 Å². The van der Waals surface area contributed by atoms with Crippen LogP contribution < -0.4 is 5.73 Å². The van der Waals surface area contributed by atoms with Gasteiger partial charge in [-0.1, -0.05) is 17.3 Å². The second kappa shape index (κ2) is 4.52. The van der Waals surface area contributed by atoms with E-state index in [-0.39, 0.29) is 5.71 Å². The van der Waals surface area contributed by atoms with Crippen molar-refractivity contribution in [1.82, 2.24) is 0 Å². The second-order valence-electron chi connectivity index (χ2n) is 3.58. The summed E-state index contributed by atoms with van der Waals surface area (Å²) in [6.07, 6.45) is 1.10. The summed E-state index contributed by atoms with van der Waals surface area (Å²) in [7, 11) is -3.29. The third kappa shape index (κ3) is 2.73. The van der Waals surface area contributed by atoms with Crippen molar-refractivity contribution in [1.29, 1.82) is 0 Å². The van der Waals surface area contributed by atoms with Crippen LogP contribution in [-0.4, -0.2) is 30.8 Å². The minimum atomic E-state index is -3.29. The van der Waals surface area contributed by atoms with Gasteiger partial charge in [0.1, 0.15) is 11.0 Å². The molecule has 0 spiro atoms. The summed E-state index contributed by atoms with van der Waals surface area (Å²) >= 11 is 0. The predicted molar refractivity (Wildman–Crippen MR) is 63.5 cm³/mol. The number of benzene rings is 1. The van der Waals surface area contributed by atoms with Crippen LogP contribution in [-0.2, 0) is 9.84 Å². The fourth-order valence-electron chi connectivity index (χ4n) is 1.23. The second-order valence-corrected chi connectivity index (χ2v) is 5.95. The van der Waals surface area contributed by atoms with E-state index in [1.54, 1.807) is 24.3 Å². The van der Waals surface area contributed by atoms with E-state index in [0.29, 0.717) is 11.3 Å². The van der Waals surface area contributed by atoms with E-state index >= 15 is 0 Å². The van der Waals surface area contributed by atoms with E-state index in [0.717, 1.165) is 6.26 Å². The zero-order valence-electron chi connectivity index (χ0n) is 9.08. The lowest BCUT2D eigenvalue weighted by molar-refractivity contribution is 0.318. The highest BCUT2D eigenvalue weighted by atomic mass is 32.2. The molecule has 16 heavy (non-hydrogen) atoms. The van der Waals surface area contributed by atoms with Crippen molar-refractivity contribution < 1.29 is 13.6 Å². The number of sulfone groups is 1. The van der Waals surface area contributed by atoms with Crippen LogP contribution in [0.4, 0.5) is 5.69 Å². The van der Waals surface area contributed by atoms with Gasteiger partial charge in [0.25, 0.3) is 0 Å². The van der Waals surface area contributed by atoms with Gasteiger partial charge in [0.2, 0.25) is 0 Å². The van der Waals surface area contributed by atoms with Gasteiger partial charge in [-0.15, -0.1) is 0 Å². The molecule has 0 radical (unpaired) electrons. The molecule has 0 aromatic heterocycles. The summed E-state index contributed by atoms with van der Waals surface area (Å²) in [5, 5.41) is 11.1.